The summed E-state index contributed by atoms with van der Waals surface area (Å²) in [5, 5.41) is 33.2. The molecule has 9 nitrogen and oxygen atoms in total. The smallest absolute Gasteiger partial charge is 0.335 e. The van der Waals surface area contributed by atoms with E-state index in [0.29, 0.717) is 48.5 Å². The van der Waals surface area contributed by atoms with Gasteiger partial charge in [0.05, 0.1) is 12.2 Å². The largest absolute Gasteiger partial charge is 0.490 e. The lowest BCUT2D eigenvalue weighted by Gasteiger charge is -2.37. The minimum atomic E-state index is -1.57. The van der Waals surface area contributed by atoms with Crippen LogP contribution in [0.2, 0.25) is 0 Å². The number of ether oxygens (including phenoxy) is 2. The van der Waals surface area contributed by atoms with Crippen molar-refractivity contribution in [3.8, 4) is 11.5 Å². The zero-order valence-corrected chi connectivity index (χ0v) is 39.6. The highest BCUT2D eigenvalue weighted by Gasteiger charge is 2.39. The van der Waals surface area contributed by atoms with Gasteiger partial charge in [-0.2, -0.15) is 0 Å². The summed E-state index contributed by atoms with van der Waals surface area (Å²) in [4.78, 5) is 26.8. The van der Waals surface area contributed by atoms with Gasteiger partial charge in [-0.05, 0) is 188 Å². The molecule has 2 saturated carbocycles. The number of fused-ring (bicyclic) bond motifs is 2. The molecule has 2 heterocycles. The summed E-state index contributed by atoms with van der Waals surface area (Å²) < 4.78 is 12.7. The van der Waals surface area contributed by atoms with E-state index in [1.165, 1.54) is 58.4 Å². The highest BCUT2D eigenvalue weighted by atomic mass is 16.5. The molecule has 2 saturated heterocycles. The fourth-order valence-corrected chi connectivity index (χ4v) is 10.8. The second-order valence-electron chi connectivity index (χ2n) is 22.0. The quantitative estimate of drug-likeness (QED) is 0.135. The number of carbonyl (C=O) groups is 2. The van der Waals surface area contributed by atoms with Crippen LogP contribution in [-0.4, -0.2) is 81.0 Å². The standard InChI is InChI=1S/C28H39NO3.C27H37NO4/c1-28(2,3)24-7-10-25(11-8-24)32-26-9-6-22-16-21(4-5-23(22)18-26)19-29-14-12-20(13-15-29)17-27(30)31;1-26(2,3)22-7-10-23(11-8-22)32-24-9-6-20-16-19(4-5-21(20)17-24)18-28-14-12-27(31,13-15-28)25(29)30/h4-6,9,16,18,20,24-25H,7-8,10-15,17,19H2,1-3H3,(H,30,31);4-6,9,16-17,22-23,31H,7-8,10-15,18H2,1-3H3,(H,29,30). The number of rotatable bonds is 11. The molecule has 2 aliphatic carbocycles. The highest BCUT2D eigenvalue weighted by molar-refractivity contribution is 5.85. The summed E-state index contributed by atoms with van der Waals surface area (Å²) >= 11 is 0. The number of piperidine rings is 2. The number of aliphatic carboxylic acids is 2. The molecule has 4 aliphatic rings. The summed E-state index contributed by atoms with van der Waals surface area (Å²) in [7, 11) is 0. The van der Waals surface area contributed by atoms with Crippen LogP contribution in [0.25, 0.3) is 21.5 Å². The van der Waals surface area contributed by atoms with Gasteiger partial charge in [-0.25, -0.2) is 4.79 Å². The van der Waals surface area contributed by atoms with Crippen molar-refractivity contribution in [3.63, 3.8) is 0 Å². The number of likely N-dealkylation sites (tertiary alicyclic amines) is 2. The molecule has 348 valence electrons. The molecule has 3 N–H and O–H groups in total. The molecule has 0 radical (unpaired) electrons. The second kappa shape index (κ2) is 20.6. The Hall–Kier alpha value is -4.18. The lowest BCUT2D eigenvalue weighted by atomic mass is 9.72. The molecule has 0 aromatic heterocycles. The molecule has 64 heavy (non-hydrogen) atoms. The van der Waals surface area contributed by atoms with E-state index in [1.807, 2.05) is 0 Å². The van der Waals surface area contributed by atoms with Gasteiger partial charge in [0.1, 0.15) is 11.5 Å². The summed E-state index contributed by atoms with van der Waals surface area (Å²) in [6.07, 6.45) is 13.1. The molecule has 4 aromatic carbocycles. The Balaban J connectivity index is 0.000000191. The zero-order valence-electron chi connectivity index (χ0n) is 39.6. The van der Waals surface area contributed by atoms with Gasteiger partial charge in [-0.15, -0.1) is 0 Å². The van der Waals surface area contributed by atoms with Gasteiger partial charge in [-0.1, -0.05) is 77.9 Å². The number of carboxylic acids is 2. The van der Waals surface area contributed by atoms with Crippen LogP contribution < -0.4 is 9.47 Å². The molecule has 4 aromatic rings. The predicted octanol–water partition coefficient (Wildman–Crippen LogP) is 11.7. The maximum Gasteiger partial charge on any atom is 0.335 e. The highest BCUT2D eigenvalue weighted by Crippen LogP contribution is 2.40. The van der Waals surface area contributed by atoms with Crippen molar-refractivity contribution in [2.75, 3.05) is 26.2 Å². The first-order valence-electron chi connectivity index (χ1n) is 24.4. The molecular formula is C55H76N2O7. The normalized spacial score (nSPS) is 23.9. The third-order valence-corrected chi connectivity index (χ3v) is 15.2. The van der Waals surface area contributed by atoms with Crippen molar-refractivity contribution < 1.29 is 34.4 Å². The van der Waals surface area contributed by atoms with E-state index >= 15 is 0 Å². The van der Waals surface area contributed by atoms with Gasteiger partial charge < -0.3 is 24.8 Å². The Morgan fingerprint density at radius 2 is 0.953 bits per heavy atom. The molecule has 0 unspecified atom stereocenters. The lowest BCUT2D eigenvalue weighted by Crippen LogP contribution is -2.49. The molecule has 9 heteroatoms. The fraction of sp³-hybridized carbons (Fsp3) is 0.600. The van der Waals surface area contributed by atoms with Crippen LogP contribution in [0.3, 0.4) is 0 Å². The van der Waals surface area contributed by atoms with Gasteiger partial charge in [0.2, 0.25) is 0 Å². The van der Waals surface area contributed by atoms with E-state index in [2.05, 4.69) is 124 Å². The van der Waals surface area contributed by atoms with E-state index < -0.39 is 17.5 Å². The van der Waals surface area contributed by atoms with E-state index in [9.17, 15) is 19.8 Å². The predicted molar refractivity (Wildman–Crippen MR) is 257 cm³/mol. The van der Waals surface area contributed by atoms with Crippen LogP contribution in [0.4, 0.5) is 0 Å². The first-order chi connectivity index (χ1) is 30.4. The van der Waals surface area contributed by atoms with Crippen molar-refractivity contribution in [1.29, 1.82) is 0 Å². The minimum Gasteiger partial charge on any atom is -0.490 e. The average molecular weight is 877 g/mol. The molecule has 2 aliphatic heterocycles. The number of hydrogen-bond donors (Lipinski definition) is 3. The van der Waals surface area contributed by atoms with Gasteiger partial charge in [0, 0.05) is 32.6 Å². The Bertz CT molecular complexity index is 2170. The maximum atomic E-state index is 11.2. The van der Waals surface area contributed by atoms with Crippen molar-refractivity contribution >= 4 is 33.5 Å². The molecule has 0 atom stereocenters. The van der Waals surface area contributed by atoms with Crippen LogP contribution >= 0.6 is 0 Å². The van der Waals surface area contributed by atoms with Crippen molar-refractivity contribution in [3.05, 3.63) is 83.9 Å². The third kappa shape index (κ3) is 13.0. The Morgan fingerprint density at radius 3 is 1.34 bits per heavy atom. The molecular weight excluding hydrogens is 801 g/mol. The van der Waals surface area contributed by atoms with E-state index in [4.69, 9.17) is 14.6 Å². The van der Waals surface area contributed by atoms with Crippen LogP contribution in [0.1, 0.15) is 136 Å². The molecule has 4 fully saturated rings. The first-order valence-corrected chi connectivity index (χ1v) is 24.4. The fourth-order valence-electron chi connectivity index (χ4n) is 10.8. The number of hydrogen-bond acceptors (Lipinski definition) is 7. The summed E-state index contributed by atoms with van der Waals surface area (Å²) in [5.74, 6) is 2.10. The van der Waals surface area contributed by atoms with E-state index in [1.54, 1.807) is 0 Å². The van der Waals surface area contributed by atoms with Crippen LogP contribution in [0, 0.1) is 28.6 Å². The SMILES string of the molecule is CC(C)(C)C1CCC(Oc2ccc3cc(CN4CCC(CC(=O)O)CC4)ccc3c2)CC1.CC(C)(C)C1CCC(Oc2ccc3cc(CN4CCC(O)(C(=O)O)CC4)ccc3c2)CC1. The number of benzene rings is 4. The number of aliphatic hydroxyl groups is 1. The lowest BCUT2D eigenvalue weighted by molar-refractivity contribution is -0.163. The summed E-state index contributed by atoms with van der Waals surface area (Å²) in [6.45, 7) is 19.0. The Morgan fingerprint density at radius 1 is 0.562 bits per heavy atom. The van der Waals surface area contributed by atoms with Crippen molar-refractivity contribution in [1.82, 2.24) is 9.80 Å². The van der Waals surface area contributed by atoms with Gasteiger partial charge in [-0.3, -0.25) is 14.6 Å². The summed E-state index contributed by atoms with van der Waals surface area (Å²) in [5.41, 5.74) is 1.75. The zero-order chi connectivity index (χ0) is 45.6. The maximum absolute atomic E-state index is 11.2. The van der Waals surface area contributed by atoms with Crippen LogP contribution in [-0.2, 0) is 22.7 Å². The molecule has 0 spiro atoms. The van der Waals surface area contributed by atoms with Crippen LogP contribution in [0.15, 0.2) is 72.8 Å². The monoisotopic (exact) mass is 877 g/mol. The van der Waals surface area contributed by atoms with Crippen molar-refractivity contribution in [2.45, 2.75) is 156 Å². The van der Waals surface area contributed by atoms with Gasteiger partial charge >= 0.3 is 11.9 Å². The molecule has 0 bridgehead atoms. The van der Waals surface area contributed by atoms with Crippen LogP contribution in [0.5, 0.6) is 11.5 Å². The Labute approximate surface area is 382 Å². The molecule has 8 rings (SSSR count). The number of carboxylic acid groups (broad SMARTS) is 2. The van der Waals surface area contributed by atoms with E-state index in [-0.39, 0.29) is 12.8 Å². The average Bonchev–Trinajstić information content (AvgIpc) is 3.25. The molecule has 0 amide bonds. The summed E-state index contributed by atoms with van der Waals surface area (Å²) in [6, 6.07) is 26.1. The minimum absolute atomic E-state index is 0.272. The van der Waals surface area contributed by atoms with Crippen molar-refractivity contribution in [2.24, 2.45) is 28.6 Å². The topological polar surface area (TPSA) is 120 Å². The number of nitrogens with zero attached hydrogens (tertiary/aromatic N) is 2. The first kappa shape index (κ1) is 47.8. The second-order valence-corrected chi connectivity index (χ2v) is 22.0. The van der Waals surface area contributed by atoms with Gasteiger partial charge in [0.25, 0.3) is 0 Å². The van der Waals surface area contributed by atoms with E-state index in [0.717, 1.165) is 88.0 Å². The van der Waals surface area contributed by atoms with Gasteiger partial charge in [0.15, 0.2) is 5.60 Å². The Kier molecular flexibility index (Phi) is 15.3. The third-order valence-electron chi connectivity index (χ3n) is 15.2.